The lowest BCUT2D eigenvalue weighted by Crippen LogP contribution is -2.30. The van der Waals surface area contributed by atoms with E-state index in [1.165, 1.54) is 6.07 Å². The van der Waals surface area contributed by atoms with Crippen molar-refractivity contribution < 1.29 is 14.4 Å². The van der Waals surface area contributed by atoms with Crippen LogP contribution in [0.4, 0.5) is 15.5 Å². The SMILES string of the molecule is CCN(CC)C(=O)c1sc(NC(=O)Nc2ccc(Cl)c(Cl)c2)c(C(N)=O)c1C. The third-order valence-electron chi connectivity index (χ3n) is 4.04. The van der Waals surface area contributed by atoms with E-state index >= 15 is 0 Å². The molecule has 28 heavy (non-hydrogen) atoms. The Kier molecular flexibility index (Phi) is 7.29. The van der Waals surface area contributed by atoms with Gasteiger partial charge in [0.1, 0.15) is 5.00 Å². The van der Waals surface area contributed by atoms with Crippen LogP contribution < -0.4 is 16.4 Å². The standard InChI is InChI=1S/C18H20Cl2N4O3S/c1-4-24(5-2)17(26)14-9(3)13(15(21)25)16(28-14)23-18(27)22-10-6-7-11(19)12(20)8-10/h6-8H,4-5H2,1-3H3,(H2,21,25)(H2,22,23,27). The predicted octanol–water partition coefficient (Wildman–Crippen LogP) is 4.59. The van der Waals surface area contributed by atoms with E-state index in [1.54, 1.807) is 24.0 Å². The number of nitrogens with two attached hydrogens (primary N) is 1. The molecule has 0 aliphatic rings. The molecule has 150 valence electrons. The van der Waals surface area contributed by atoms with E-state index in [0.717, 1.165) is 11.3 Å². The van der Waals surface area contributed by atoms with Crippen LogP contribution in [0.3, 0.4) is 0 Å². The fourth-order valence-corrected chi connectivity index (χ4v) is 4.07. The van der Waals surface area contributed by atoms with Crippen molar-refractivity contribution in [2.75, 3.05) is 23.7 Å². The summed E-state index contributed by atoms with van der Waals surface area (Å²) in [5.74, 6) is -0.940. The number of halogens is 2. The maximum Gasteiger partial charge on any atom is 0.324 e. The Morgan fingerprint density at radius 3 is 2.29 bits per heavy atom. The molecule has 1 heterocycles. The van der Waals surface area contributed by atoms with Gasteiger partial charge >= 0.3 is 6.03 Å². The number of primary amides is 1. The Hall–Kier alpha value is -2.29. The van der Waals surface area contributed by atoms with Gasteiger partial charge in [-0.2, -0.15) is 0 Å². The largest absolute Gasteiger partial charge is 0.365 e. The molecule has 0 saturated carbocycles. The van der Waals surface area contributed by atoms with Crippen molar-refractivity contribution in [2.24, 2.45) is 5.73 Å². The quantitative estimate of drug-likeness (QED) is 0.608. The first kappa shape index (κ1) is 22.0. The number of hydrogen-bond donors (Lipinski definition) is 3. The second-order valence-corrected chi connectivity index (χ2v) is 7.65. The molecule has 0 bridgehead atoms. The third kappa shape index (κ3) is 4.76. The lowest BCUT2D eigenvalue weighted by molar-refractivity contribution is 0.0777. The molecule has 7 nitrogen and oxygen atoms in total. The van der Waals surface area contributed by atoms with Crippen LogP contribution in [0.25, 0.3) is 0 Å². The zero-order chi connectivity index (χ0) is 21.0. The van der Waals surface area contributed by atoms with Crippen LogP contribution in [0.5, 0.6) is 0 Å². The Balaban J connectivity index is 2.30. The van der Waals surface area contributed by atoms with E-state index in [2.05, 4.69) is 10.6 Å². The summed E-state index contributed by atoms with van der Waals surface area (Å²) in [7, 11) is 0. The maximum absolute atomic E-state index is 12.7. The van der Waals surface area contributed by atoms with Gasteiger partial charge in [0.05, 0.1) is 20.5 Å². The number of rotatable bonds is 6. The summed E-state index contributed by atoms with van der Waals surface area (Å²) in [6, 6.07) is 4.01. The molecule has 4 N–H and O–H groups in total. The van der Waals surface area contributed by atoms with Crippen LogP contribution in [0.15, 0.2) is 18.2 Å². The average Bonchev–Trinajstić information content (AvgIpc) is 2.95. The van der Waals surface area contributed by atoms with Crippen LogP contribution in [-0.2, 0) is 0 Å². The number of nitrogens with one attached hydrogen (secondary N) is 2. The minimum absolute atomic E-state index is 0.116. The number of amides is 4. The third-order valence-corrected chi connectivity index (χ3v) is 5.98. The fourth-order valence-electron chi connectivity index (χ4n) is 2.60. The molecule has 0 fully saturated rings. The van der Waals surface area contributed by atoms with E-state index in [4.69, 9.17) is 28.9 Å². The van der Waals surface area contributed by atoms with Crippen molar-refractivity contribution in [2.45, 2.75) is 20.8 Å². The molecule has 0 unspecified atom stereocenters. The van der Waals surface area contributed by atoms with Gasteiger partial charge in [-0.15, -0.1) is 11.3 Å². The summed E-state index contributed by atoms with van der Waals surface area (Å²) in [5.41, 5.74) is 6.45. The van der Waals surface area contributed by atoms with Crippen molar-refractivity contribution in [1.82, 2.24) is 4.90 Å². The first-order valence-corrected chi connectivity index (χ1v) is 10.0. The Morgan fingerprint density at radius 2 is 1.75 bits per heavy atom. The fraction of sp³-hybridized carbons (Fsp3) is 0.278. The van der Waals surface area contributed by atoms with E-state index in [-0.39, 0.29) is 21.5 Å². The van der Waals surface area contributed by atoms with Crippen LogP contribution in [-0.4, -0.2) is 35.8 Å². The van der Waals surface area contributed by atoms with Gasteiger partial charge in [0.25, 0.3) is 11.8 Å². The molecule has 0 saturated heterocycles. The Labute approximate surface area is 176 Å². The Morgan fingerprint density at radius 1 is 1.11 bits per heavy atom. The van der Waals surface area contributed by atoms with E-state index in [1.807, 2.05) is 13.8 Å². The van der Waals surface area contributed by atoms with Gasteiger partial charge in [-0.05, 0) is 44.5 Å². The summed E-state index contributed by atoms with van der Waals surface area (Å²) >= 11 is 12.8. The first-order chi connectivity index (χ1) is 13.2. The van der Waals surface area contributed by atoms with Gasteiger partial charge in [0, 0.05) is 18.8 Å². The minimum atomic E-state index is -0.725. The second-order valence-electron chi connectivity index (χ2n) is 5.81. The average molecular weight is 443 g/mol. The van der Waals surface area contributed by atoms with Gasteiger partial charge in [0.15, 0.2) is 0 Å². The van der Waals surface area contributed by atoms with Crippen molar-refractivity contribution in [3.63, 3.8) is 0 Å². The van der Waals surface area contributed by atoms with Crippen molar-refractivity contribution in [3.8, 4) is 0 Å². The predicted molar refractivity (Wildman–Crippen MR) is 114 cm³/mol. The molecule has 10 heteroatoms. The summed E-state index contributed by atoms with van der Waals surface area (Å²) in [5, 5.41) is 6.03. The van der Waals surface area contributed by atoms with E-state index in [9.17, 15) is 14.4 Å². The number of carbonyl (C=O) groups is 3. The molecule has 2 rings (SSSR count). The maximum atomic E-state index is 12.7. The van der Waals surface area contributed by atoms with Crippen LogP contribution >= 0.6 is 34.5 Å². The number of hydrogen-bond acceptors (Lipinski definition) is 4. The number of urea groups is 1. The smallest absolute Gasteiger partial charge is 0.324 e. The molecule has 1 aromatic carbocycles. The number of nitrogens with zero attached hydrogens (tertiary/aromatic N) is 1. The zero-order valence-electron chi connectivity index (χ0n) is 15.6. The molecule has 0 aliphatic carbocycles. The Bertz CT molecular complexity index is 926. The van der Waals surface area contributed by atoms with Crippen molar-refractivity contribution in [1.29, 1.82) is 0 Å². The second kappa shape index (κ2) is 9.27. The van der Waals surface area contributed by atoms with E-state index < -0.39 is 11.9 Å². The molecule has 1 aromatic heterocycles. The molecule has 4 amide bonds. The van der Waals surface area contributed by atoms with Crippen molar-refractivity contribution >= 4 is 63.1 Å². The van der Waals surface area contributed by atoms with Crippen LogP contribution in [0.2, 0.25) is 10.0 Å². The molecule has 0 atom stereocenters. The summed E-state index contributed by atoms with van der Waals surface area (Å²) in [6.07, 6.45) is 0. The van der Waals surface area contributed by atoms with E-state index in [0.29, 0.717) is 34.2 Å². The molecular formula is C18H20Cl2N4O3S. The summed E-state index contributed by atoms with van der Waals surface area (Å²) < 4.78 is 0. The number of thiophene rings is 1. The number of carbonyl (C=O) groups excluding carboxylic acids is 3. The van der Waals surface area contributed by atoms with Gasteiger partial charge in [0.2, 0.25) is 0 Å². The summed E-state index contributed by atoms with van der Waals surface area (Å²) in [6.45, 7) is 6.42. The van der Waals surface area contributed by atoms with Crippen LogP contribution in [0.1, 0.15) is 39.4 Å². The zero-order valence-corrected chi connectivity index (χ0v) is 17.9. The molecular weight excluding hydrogens is 423 g/mol. The highest BCUT2D eigenvalue weighted by Gasteiger charge is 2.26. The topological polar surface area (TPSA) is 105 Å². The molecule has 0 radical (unpaired) electrons. The molecule has 2 aromatic rings. The first-order valence-electron chi connectivity index (χ1n) is 8.45. The van der Waals surface area contributed by atoms with Crippen molar-refractivity contribution in [3.05, 3.63) is 44.2 Å². The lowest BCUT2D eigenvalue weighted by Gasteiger charge is -2.17. The highest BCUT2D eigenvalue weighted by molar-refractivity contribution is 7.18. The van der Waals surface area contributed by atoms with Crippen LogP contribution in [0, 0.1) is 6.92 Å². The lowest BCUT2D eigenvalue weighted by atomic mass is 10.1. The molecule has 0 aliphatic heterocycles. The minimum Gasteiger partial charge on any atom is -0.365 e. The monoisotopic (exact) mass is 442 g/mol. The highest BCUT2D eigenvalue weighted by Crippen LogP contribution is 2.34. The normalized spacial score (nSPS) is 10.5. The van der Waals surface area contributed by atoms with Gasteiger partial charge < -0.3 is 16.0 Å². The van der Waals surface area contributed by atoms with Gasteiger partial charge in [-0.3, -0.25) is 14.9 Å². The van der Waals surface area contributed by atoms with Gasteiger partial charge in [-0.1, -0.05) is 23.2 Å². The number of anilines is 2. The molecule has 0 spiro atoms. The van der Waals surface area contributed by atoms with Gasteiger partial charge in [-0.25, -0.2) is 4.79 Å². The number of benzene rings is 1. The summed E-state index contributed by atoms with van der Waals surface area (Å²) in [4.78, 5) is 38.9. The highest BCUT2D eigenvalue weighted by atomic mass is 35.5.